The predicted molar refractivity (Wildman–Crippen MR) is 77.7 cm³/mol. The lowest BCUT2D eigenvalue weighted by molar-refractivity contribution is 0.162. The van der Waals surface area contributed by atoms with Crippen LogP contribution in [0.2, 0.25) is 0 Å². The van der Waals surface area contributed by atoms with Crippen molar-refractivity contribution >= 4 is 0 Å². The number of nitrogens with one attached hydrogen (secondary N) is 1. The fourth-order valence-corrected chi connectivity index (χ4v) is 2.55. The van der Waals surface area contributed by atoms with Crippen molar-refractivity contribution in [3.05, 3.63) is 29.8 Å². The Morgan fingerprint density at radius 2 is 2.16 bits per heavy atom. The molecule has 3 heteroatoms. The van der Waals surface area contributed by atoms with Crippen LogP contribution in [-0.2, 0) is 11.2 Å². The molecule has 1 heterocycles. The van der Waals surface area contributed by atoms with Crippen molar-refractivity contribution in [3.8, 4) is 5.75 Å². The Hall–Kier alpha value is -1.06. The highest BCUT2D eigenvalue weighted by Crippen LogP contribution is 2.19. The summed E-state index contributed by atoms with van der Waals surface area (Å²) in [6.07, 6.45) is 3.45. The van der Waals surface area contributed by atoms with Crippen LogP contribution >= 0.6 is 0 Å². The lowest BCUT2D eigenvalue weighted by Crippen LogP contribution is -2.39. The monoisotopic (exact) mass is 263 g/mol. The number of likely N-dealkylation sites (N-methyl/N-ethyl adjacent to an activating group) is 1. The van der Waals surface area contributed by atoms with Crippen molar-refractivity contribution in [1.82, 2.24) is 5.32 Å². The summed E-state index contributed by atoms with van der Waals surface area (Å²) in [6, 6.07) is 8.83. The van der Waals surface area contributed by atoms with E-state index < -0.39 is 0 Å². The number of hydrogen-bond donors (Lipinski definition) is 1. The van der Waals surface area contributed by atoms with Gasteiger partial charge in [-0.25, -0.2) is 0 Å². The van der Waals surface area contributed by atoms with E-state index in [-0.39, 0.29) is 0 Å². The molecule has 0 spiro atoms. The molecule has 1 aromatic carbocycles. The van der Waals surface area contributed by atoms with Gasteiger partial charge < -0.3 is 14.8 Å². The van der Waals surface area contributed by atoms with E-state index in [0.717, 1.165) is 31.8 Å². The zero-order valence-electron chi connectivity index (χ0n) is 12.0. The second-order valence-electron chi connectivity index (χ2n) is 5.22. The third-order valence-electron chi connectivity index (χ3n) is 3.80. The zero-order chi connectivity index (χ0) is 13.5. The van der Waals surface area contributed by atoms with Gasteiger partial charge in [-0.1, -0.05) is 25.5 Å². The Morgan fingerprint density at radius 1 is 1.37 bits per heavy atom. The molecular formula is C16H25NO2. The van der Waals surface area contributed by atoms with Crippen molar-refractivity contribution < 1.29 is 9.47 Å². The van der Waals surface area contributed by atoms with E-state index in [1.165, 1.54) is 12.0 Å². The lowest BCUT2D eigenvalue weighted by atomic mass is 10.00. The first-order chi connectivity index (χ1) is 9.33. The van der Waals surface area contributed by atoms with Crippen molar-refractivity contribution in [2.24, 2.45) is 5.92 Å². The molecule has 0 saturated carbocycles. The number of hydrogen-bond acceptors (Lipinski definition) is 3. The minimum absolute atomic E-state index is 0.373. The van der Waals surface area contributed by atoms with Crippen LogP contribution < -0.4 is 10.1 Å². The second-order valence-corrected chi connectivity index (χ2v) is 5.22. The van der Waals surface area contributed by atoms with Gasteiger partial charge in [0.05, 0.1) is 6.61 Å². The average Bonchev–Trinajstić information content (AvgIpc) is 2.96. The predicted octanol–water partition coefficient (Wildman–Crippen LogP) is 2.64. The number of rotatable bonds is 7. The van der Waals surface area contributed by atoms with Gasteiger partial charge in [-0.15, -0.1) is 0 Å². The molecule has 1 aliphatic heterocycles. The fourth-order valence-electron chi connectivity index (χ4n) is 2.55. The van der Waals surface area contributed by atoms with E-state index in [1.807, 2.05) is 7.05 Å². The summed E-state index contributed by atoms with van der Waals surface area (Å²) >= 11 is 0. The smallest absolute Gasteiger partial charge is 0.119 e. The summed E-state index contributed by atoms with van der Waals surface area (Å²) in [4.78, 5) is 0. The standard InChI is InChI=1S/C16H25NO2/c1-3-4-13-5-7-15(8-6-13)19-12-16(17-2)14-9-10-18-11-14/h5-8,14,16-17H,3-4,9-12H2,1-2H3. The van der Waals surface area contributed by atoms with E-state index in [1.54, 1.807) is 0 Å². The first-order valence-corrected chi connectivity index (χ1v) is 7.30. The van der Waals surface area contributed by atoms with Gasteiger partial charge in [0.15, 0.2) is 0 Å². The van der Waals surface area contributed by atoms with Crippen LogP contribution in [-0.4, -0.2) is 32.9 Å². The van der Waals surface area contributed by atoms with E-state index in [9.17, 15) is 0 Å². The van der Waals surface area contributed by atoms with E-state index >= 15 is 0 Å². The number of aryl methyl sites for hydroxylation is 1. The summed E-state index contributed by atoms with van der Waals surface area (Å²) in [7, 11) is 2.00. The summed E-state index contributed by atoms with van der Waals surface area (Å²) < 4.78 is 11.3. The molecule has 2 unspecified atom stereocenters. The largest absolute Gasteiger partial charge is 0.492 e. The molecule has 0 bridgehead atoms. The molecule has 106 valence electrons. The molecule has 1 N–H and O–H groups in total. The van der Waals surface area contributed by atoms with Crippen molar-refractivity contribution in [3.63, 3.8) is 0 Å². The van der Waals surface area contributed by atoms with Gasteiger partial charge in [0.1, 0.15) is 12.4 Å². The average molecular weight is 263 g/mol. The van der Waals surface area contributed by atoms with Crippen LogP contribution in [0.5, 0.6) is 5.75 Å². The molecule has 0 amide bonds. The van der Waals surface area contributed by atoms with E-state index in [0.29, 0.717) is 18.6 Å². The Bertz CT molecular complexity index is 358. The van der Waals surface area contributed by atoms with Gasteiger partial charge >= 0.3 is 0 Å². The molecule has 0 aliphatic carbocycles. The summed E-state index contributed by atoms with van der Waals surface area (Å²) in [5.41, 5.74) is 1.38. The topological polar surface area (TPSA) is 30.5 Å². The molecule has 3 nitrogen and oxygen atoms in total. The van der Waals surface area contributed by atoms with Crippen LogP contribution in [0.1, 0.15) is 25.3 Å². The Kier molecular flexibility index (Phi) is 5.67. The van der Waals surface area contributed by atoms with E-state index in [4.69, 9.17) is 9.47 Å². The Morgan fingerprint density at radius 3 is 2.74 bits per heavy atom. The third kappa shape index (κ3) is 4.22. The minimum Gasteiger partial charge on any atom is -0.492 e. The summed E-state index contributed by atoms with van der Waals surface area (Å²) in [6.45, 7) is 4.64. The molecule has 0 radical (unpaired) electrons. The molecule has 2 atom stereocenters. The van der Waals surface area contributed by atoms with Crippen LogP contribution in [0.4, 0.5) is 0 Å². The normalized spacial score (nSPS) is 20.4. The van der Waals surface area contributed by atoms with Crippen LogP contribution in [0.3, 0.4) is 0 Å². The third-order valence-corrected chi connectivity index (χ3v) is 3.80. The van der Waals surface area contributed by atoms with Crippen LogP contribution in [0.25, 0.3) is 0 Å². The molecular weight excluding hydrogens is 238 g/mol. The summed E-state index contributed by atoms with van der Waals surface area (Å²) in [5, 5.41) is 3.34. The first-order valence-electron chi connectivity index (χ1n) is 7.30. The van der Waals surface area contributed by atoms with Crippen LogP contribution in [0, 0.1) is 5.92 Å². The summed E-state index contributed by atoms with van der Waals surface area (Å²) in [5.74, 6) is 1.53. The highest BCUT2D eigenvalue weighted by Gasteiger charge is 2.24. The number of ether oxygens (including phenoxy) is 2. The molecule has 1 aromatic rings. The quantitative estimate of drug-likeness (QED) is 0.820. The first kappa shape index (κ1) is 14.4. The molecule has 1 saturated heterocycles. The molecule has 19 heavy (non-hydrogen) atoms. The van der Waals surface area contributed by atoms with Crippen molar-refractivity contribution in [2.45, 2.75) is 32.2 Å². The maximum absolute atomic E-state index is 5.89. The molecule has 1 fully saturated rings. The highest BCUT2D eigenvalue weighted by molar-refractivity contribution is 5.27. The van der Waals surface area contributed by atoms with Gasteiger partial charge in [-0.05, 0) is 37.6 Å². The van der Waals surface area contributed by atoms with Gasteiger partial charge in [0.2, 0.25) is 0 Å². The zero-order valence-corrected chi connectivity index (χ0v) is 12.0. The SMILES string of the molecule is CCCc1ccc(OCC(NC)C2CCOC2)cc1. The Balaban J connectivity index is 1.82. The Labute approximate surface area is 116 Å². The van der Waals surface area contributed by atoms with Crippen molar-refractivity contribution in [1.29, 1.82) is 0 Å². The van der Waals surface area contributed by atoms with Gasteiger partial charge in [-0.2, -0.15) is 0 Å². The molecule has 1 aliphatic rings. The van der Waals surface area contributed by atoms with Gasteiger partial charge in [-0.3, -0.25) is 0 Å². The maximum atomic E-state index is 5.89. The lowest BCUT2D eigenvalue weighted by Gasteiger charge is -2.22. The van der Waals surface area contributed by atoms with E-state index in [2.05, 4.69) is 36.5 Å². The molecule has 0 aromatic heterocycles. The number of benzene rings is 1. The van der Waals surface area contributed by atoms with Gasteiger partial charge in [0, 0.05) is 18.6 Å². The minimum atomic E-state index is 0.373. The van der Waals surface area contributed by atoms with Crippen molar-refractivity contribution in [2.75, 3.05) is 26.9 Å². The highest BCUT2D eigenvalue weighted by atomic mass is 16.5. The second kappa shape index (κ2) is 7.51. The maximum Gasteiger partial charge on any atom is 0.119 e. The van der Waals surface area contributed by atoms with Gasteiger partial charge in [0.25, 0.3) is 0 Å². The fraction of sp³-hybridized carbons (Fsp3) is 0.625. The van der Waals surface area contributed by atoms with Crippen LogP contribution in [0.15, 0.2) is 24.3 Å². The molecule has 2 rings (SSSR count).